The fourth-order valence-corrected chi connectivity index (χ4v) is 1.52. The van der Waals surface area contributed by atoms with Crippen molar-refractivity contribution in [3.05, 3.63) is 24.4 Å². The number of guanidine groups is 1. The Hall–Kier alpha value is -1.72. The largest absolute Gasteiger partial charge is 0.370 e. The molecule has 3 N–H and O–H groups in total. The summed E-state index contributed by atoms with van der Waals surface area (Å²) in [5, 5.41) is 2.74. The predicted molar refractivity (Wildman–Crippen MR) is 57.5 cm³/mol. The van der Waals surface area contributed by atoms with E-state index < -0.39 is 5.92 Å². The Morgan fingerprint density at radius 1 is 1.50 bits per heavy atom. The van der Waals surface area contributed by atoms with Crippen LogP contribution in [-0.4, -0.2) is 22.9 Å². The summed E-state index contributed by atoms with van der Waals surface area (Å²) in [6.07, 6.45) is 1.16. The van der Waals surface area contributed by atoms with Gasteiger partial charge in [0.25, 0.3) is 5.92 Å². The Labute approximate surface area is 91.6 Å². The van der Waals surface area contributed by atoms with Gasteiger partial charge in [0.1, 0.15) is 5.82 Å². The monoisotopic (exact) mass is 226 g/mol. The second-order valence-corrected chi connectivity index (χ2v) is 3.77. The average Bonchev–Trinajstić information content (AvgIpc) is 2.16. The lowest BCUT2D eigenvalue weighted by Gasteiger charge is -2.32. The summed E-state index contributed by atoms with van der Waals surface area (Å²) in [6, 6.07) is 4.90. The second-order valence-electron chi connectivity index (χ2n) is 3.77. The maximum absolute atomic E-state index is 12.5. The molecule has 6 heteroatoms. The van der Waals surface area contributed by atoms with E-state index in [4.69, 9.17) is 5.73 Å². The van der Waals surface area contributed by atoms with Crippen molar-refractivity contribution in [2.45, 2.75) is 24.8 Å². The van der Waals surface area contributed by atoms with Crippen LogP contribution in [0.4, 0.5) is 14.6 Å². The van der Waals surface area contributed by atoms with Gasteiger partial charge < -0.3 is 11.1 Å². The first kappa shape index (κ1) is 10.8. The van der Waals surface area contributed by atoms with Gasteiger partial charge in [0.05, 0.1) is 6.04 Å². The molecule has 0 amide bonds. The highest BCUT2D eigenvalue weighted by atomic mass is 19.3. The van der Waals surface area contributed by atoms with Gasteiger partial charge in [-0.3, -0.25) is 0 Å². The zero-order chi connectivity index (χ0) is 11.6. The summed E-state index contributed by atoms with van der Waals surface area (Å²) in [5.74, 6) is -1.89. The molecule has 1 aromatic heterocycles. The molecule has 86 valence electrons. The maximum atomic E-state index is 12.5. The van der Waals surface area contributed by atoms with Crippen LogP contribution in [0.3, 0.4) is 0 Å². The van der Waals surface area contributed by atoms with Crippen molar-refractivity contribution in [1.82, 2.24) is 4.98 Å². The lowest BCUT2D eigenvalue weighted by molar-refractivity contribution is -0.0834. The number of hydrogen-bond acceptors (Lipinski definition) is 2. The van der Waals surface area contributed by atoms with E-state index in [2.05, 4.69) is 15.3 Å². The average molecular weight is 226 g/mol. The second kappa shape index (κ2) is 4.03. The van der Waals surface area contributed by atoms with E-state index in [0.29, 0.717) is 5.82 Å². The normalized spacial score (nSPS) is 20.2. The minimum absolute atomic E-state index is 0.124. The van der Waals surface area contributed by atoms with Gasteiger partial charge in [0, 0.05) is 19.0 Å². The number of halogens is 2. The van der Waals surface area contributed by atoms with Gasteiger partial charge in [0.2, 0.25) is 0 Å². The molecule has 0 unspecified atom stereocenters. The zero-order valence-electron chi connectivity index (χ0n) is 8.53. The number of pyridine rings is 1. The Morgan fingerprint density at radius 2 is 2.25 bits per heavy atom. The molecule has 4 nitrogen and oxygen atoms in total. The molecule has 1 aromatic rings. The Morgan fingerprint density at radius 3 is 2.81 bits per heavy atom. The van der Waals surface area contributed by atoms with E-state index in [1.807, 2.05) is 0 Å². The summed E-state index contributed by atoms with van der Waals surface area (Å²) in [5.41, 5.74) is 5.56. The van der Waals surface area contributed by atoms with Crippen molar-refractivity contribution in [2.75, 3.05) is 5.32 Å². The smallest absolute Gasteiger partial charge is 0.252 e. The number of nitrogens with one attached hydrogen (secondary N) is 1. The quantitative estimate of drug-likeness (QED) is 0.594. The minimum Gasteiger partial charge on any atom is -0.370 e. The molecule has 0 saturated heterocycles. The first-order valence-corrected chi connectivity index (χ1v) is 4.94. The first-order chi connectivity index (χ1) is 7.55. The number of aliphatic imine (C=N–C) groups is 1. The summed E-state index contributed by atoms with van der Waals surface area (Å²) in [7, 11) is 0. The van der Waals surface area contributed by atoms with E-state index in [-0.39, 0.29) is 24.8 Å². The highest BCUT2D eigenvalue weighted by Gasteiger charge is 2.45. The molecule has 1 aliphatic carbocycles. The van der Waals surface area contributed by atoms with Crippen LogP contribution in [0.2, 0.25) is 0 Å². The van der Waals surface area contributed by atoms with Crippen LogP contribution in [0, 0.1) is 0 Å². The number of nitrogens with zero attached hydrogens (tertiary/aromatic N) is 2. The highest BCUT2D eigenvalue weighted by Crippen LogP contribution is 2.39. The van der Waals surface area contributed by atoms with Crippen LogP contribution in [-0.2, 0) is 0 Å². The molecule has 0 radical (unpaired) electrons. The van der Waals surface area contributed by atoms with E-state index in [0.717, 1.165) is 0 Å². The molecule has 0 bridgehead atoms. The van der Waals surface area contributed by atoms with Gasteiger partial charge in [-0.1, -0.05) is 6.07 Å². The van der Waals surface area contributed by atoms with Crippen LogP contribution >= 0.6 is 0 Å². The van der Waals surface area contributed by atoms with Crippen molar-refractivity contribution in [1.29, 1.82) is 0 Å². The number of anilines is 1. The molecular formula is C10H12F2N4. The lowest BCUT2D eigenvalue weighted by atomic mass is 9.89. The molecule has 0 aliphatic heterocycles. The van der Waals surface area contributed by atoms with Gasteiger partial charge in [-0.2, -0.15) is 0 Å². The Kier molecular flexibility index (Phi) is 2.72. The molecule has 1 aliphatic rings. The van der Waals surface area contributed by atoms with E-state index in [9.17, 15) is 8.78 Å². The summed E-state index contributed by atoms with van der Waals surface area (Å²) >= 11 is 0. The number of hydrogen-bond donors (Lipinski definition) is 2. The molecule has 0 spiro atoms. The van der Waals surface area contributed by atoms with Gasteiger partial charge in [-0.25, -0.2) is 18.8 Å². The van der Waals surface area contributed by atoms with Crippen molar-refractivity contribution in [3.63, 3.8) is 0 Å². The van der Waals surface area contributed by atoms with Gasteiger partial charge in [-0.05, 0) is 12.1 Å². The molecule has 0 atom stereocenters. The topological polar surface area (TPSA) is 63.3 Å². The van der Waals surface area contributed by atoms with Crippen molar-refractivity contribution in [2.24, 2.45) is 10.7 Å². The third-order valence-electron chi connectivity index (χ3n) is 2.31. The molecular weight excluding hydrogens is 214 g/mol. The molecule has 1 heterocycles. The van der Waals surface area contributed by atoms with Crippen LogP contribution in [0.5, 0.6) is 0 Å². The SMILES string of the molecule is NC(=NC1CC(F)(F)C1)Nc1ccccn1. The lowest BCUT2D eigenvalue weighted by Crippen LogP contribution is -2.40. The van der Waals surface area contributed by atoms with E-state index in [1.54, 1.807) is 24.4 Å². The van der Waals surface area contributed by atoms with Crippen LogP contribution in [0.25, 0.3) is 0 Å². The molecule has 1 saturated carbocycles. The highest BCUT2D eigenvalue weighted by molar-refractivity contribution is 5.91. The Balaban J connectivity index is 1.89. The van der Waals surface area contributed by atoms with E-state index >= 15 is 0 Å². The van der Waals surface area contributed by atoms with Crippen molar-refractivity contribution in [3.8, 4) is 0 Å². The number of aromatic nitrogens is 1. The predicted octanol–water partition coefficient (Wildman–Crippen LogP) is 1.61. The third-order valence-corrected chi connectivity index (χ3v) is 2.31. The summed E-state index contributed by atoms with van der Waals surface area (Å²) in [6.45, 7) is 0. The minimum atomic E-state index is -2.57. The fraction of sp³-hybridized carbons (Fsp3) is 0.400. The molecule has 16 heavy (non-hydrogen) atoms. The first-order valence-electron chi connectivity index (χ1n) is 4.94. The maximum Gasteiger partial charge on any atom is 0.252 e. The molecule has 0 aromatic carbocycles. The Bertz CT molecular complexity index is 383. The third kappa shape index (κ3) is 2.65. The van der Waals surface area contributed by atoms with Crippen molar-refractivity contribution >= 4 is 11.8 Å². The molecule has 2 rings (SSSR count). The fourth-order valence-electron chi connectivity index (χ4n) is 1.52. The number of alkyl halides is 2. The number of nitrogens with two attached hydrogens (primary N) is 1. The van der Waals surface area contributed by atoms with Crippen LogP contribution in [0.15, 0.2) is 29.4 Å². The van der Waals surface area contributed by atoms with Crippen molar-refractivity contribution < 1.29 is 8.78 Å². The zero-order valence-corrected chi connectivity index (χ0v) is 8.53. The molecule has 1 fully saturated rings. The summed E-state index contributed by atoms with van der Waals surface area (Å²) < 4.78 is 25.0. The summed E-state index contributed by atoms with van der Waals surface area (Å²) in [4.78, 5) is 7.91. The van der Waals surface area contributed by atoms with Gasteiger partial charge in [0.15, 0.2) is 5.96 Å². The standard InChI is InChI=1S/C10H12F2N4/c11-10(12)5-7(6-10)15-9(13)16-8-3-1-2-4-14-8/h1-4,7H,5-6H2,(H3,13,14,15,16). The van der Waals surface area contributed by atoms with Crippen LogP contribution in [0.1, 0.15) is 12.8 Å². The van der Waals surface area contributed by atoms with Gasteiger partial charge >= 0.3 is 0 Å². The van der Waals surface area contributed by atoms with E-state index in [1.165, 1.54) is 0 Å². The van der Waals surface area contributed by atoms with Gasteiger partial charge in [-0.15, -0.1) is 0 Å². The number of rotatable bonds is 2. The van der Waals surface area contributed by atoms with Crippen LogP contribution < -0.4 is 11.1 Å².